The lowest BCUT2D eigenvalue weighted by Gasteiger charge is -2.15. The number of carbonyl (C=O) groups is 2. The van der Waals surface area contributed by atoms with E-state index in [1.54, 1.807) is 0 Å². The molecule has 0 radical (unpaired) electrons. The van der Waals surface area contributed by atoms with Crippen molar-refractivity contribution in [2.24, 2.45) is 11.7 Å². The Bertz CT molecular complexity index is 836. The molecule has 0 aliphatic rings. The largest absolute Gasteiger partial charge is 0.478 e. The van der Waals surface area contributed by atoms with Crippen molar-refractivity contribution in [3.63, 3.8) is 0 Å². The molecule has 0 amide bonds. The zero-order valence-electron chi connectivity index (χ0n) is 14.3. The maximum atomic E-state index is 13.9. The van der Waals surface area contributed by atoms with Gasteiger partial charge >= 0.3 is 11.9 Å². The van der Waals surface area contributed by atoms with Crippen molar-refractivity contribution in [1.82, 2.24) is 0 Å². The number of hydrogen-bond acceptors (Lipinski definition) is 4. The normalized spacial score (nSPS) is 12.1. The summed E-state index contributed by atoms with van der Waals surface area (Å²) in [5.74, 6) is -3.69. The van der Waals surface area contributed by atoms with E-state index in [1.165, 1.54) is 18.2 Å². The van der Waals surface area contributed by atoms with Crippen LogP contribution >= 0.6 is 0 Å². The lowest BCUT2D eigenvalue weighted by molar-refractivity contribution is -0.136. The third-order valence-electron chi connectivity index (χ3n) is 3.69. The summed E-state index contributed by atoms with van der Waals surface area (Å²) in [6, 6.07) is 5.89. The number of benzene rings is 2. The van der Waals surface area contributed by atoms with E-state index in [-0.39, 0.29) is 28.4 Å². The van der Waals surface area contributed by atoms with Crippen LogP contribution in [0.4, 0.5) is 8.78 Å². The van der Waals surface area contributed by atoms with Crippen LogP contribution in [0.5, 0.6) is 5.75 Å². The van der Waals surface area contributed by atoms with Gasteiger partial charge in [-0.05, 0) is 42.2 Å². The van der Waals surface area contributed by atoms with Crippen molar-refractivity contribution in [2.75, 3.05) is 0 Å². The number of halogens is 2. The number of aromatic carboxylic acids is 1. The van der Waals surface area contributed by atoms with E-state index in [0.29, 0.717) is 12.5 Å². The minimum Gasteiger partial charge on any atom is -0.478 e. The van der Waals surface area contributed by atoms with Gasteiger partial charge < -0.3 is 15.6 Å². The molecule has 0 spiro atoms. The van der Waals surface area contributed by atoms with Crippen molar-refractivity contribution < 1.29 is 28.2 Å². The second-order valence-corrected chi connectivity index (χ2v) is 6.30. The van der Waals surface area contributed by atoms with Gasteiger partial charge in [0.05, 0.1) is 0 Å². The average molecular weight is 363 g/mol. The number of ether oxygens (including phenoxy) is 1. The van der Waals surface area contributed by atoms with Gasteiger partial charge in [-0.3, -0.25) is 0 Å². The number of carboxylic acids is 1. The van der Waals surface area contributed by atoms with Gasteiger partial charge in [0, 0.05) is 11.6 Å². The summed E-state index contributed by atoms with van der Waals surface area (Å²) < 4.78 is 32.1. The highest BCUT2D eigenvalue weighted by Crippen LogP contribution is 2.29. The minimum atomic E-state index is -1.35. The molecular weight excluding hydrogens is 344 g/mol. The van der Waals surface area contributed by atoms with Gasteiger partial charge in [0.25, 0.3) is 0 Å². The number of esters is 1. The zero-order valence-corrected chi connectivity index (χ0v) is 14.3. The van der Waals surface area contributed by atoms with Gasteiger partial charge in [0.1, 0.15) is 29.0 Å². The van der Waals surface area contributed by atoms with E-state index in [1.807, 2.05) is 13.8 Å². The summed E-state index contributed by atoms with van der Waals surface area (Å²) in [7, 11) is 0. The van der Waals surface area contributed by atoms with Crippen LogP contribution in [0, 0.1) is 17.6 Å². The summed E-state index contributed by atoms with van der Waals surface area (Å²) in [5.41, 5.74) is 5.66. The molecular formula is C19H19F2NO4. The topological polar surface area (TPSA) is 89.6 Å². The average Bonchev–Trinajstić information content (AvgIpc) is 2.54. The fraction of sp³-hybridized carbons (Fsp3) is 0.263. The van der Waals surface area contributed by atoms with Crippen LogP contribution in [0.2, 0.25) is 0 Å². The van der Waals surface area contributed by atoms with Gasteiger partial charge in [-0.1, -0.05) is 19.9 Å². The standard InChI is InChI=1S/C19H19F2NO4/c1-10(2)7-16(22)19(25)26-17-6-3-11(8-14(17)18(23)24)13-5-4-12(20)9-15(13)21/h3-6,8-10,16H,7,22H2,1-2H3,(H,23,24). The third kappa shape index (κ3) is 4.64. The van der Waals surface area contributed by atoms with E-state index in [0.717, 1.165) is 12.1 Å². The van der Waals surface area contributed by atoms with Gasteiger partial charge in [-0.25, -0.2) is 18.4 Å². The monoisotopic (exact) mass is 363 g/mol. The van der Waals surface area contributed by atoms with Crippen molar-refractivity contribution in [2.45, 2.75) is 26.3 Å². The first-order valence-corrected chi connectivity index (χ1v) is 7.99. The smallest absolute Gasteiger partial charge is 0.339 e. The zero-order chi connectivity index (χ0) is 19.4. The van der Waals surface area contributed by atoms with Crippen LogP contribution in [-0.4, -0.2) is 23.1 Å². The summed E-state index contributed by atoms with van der Waals surface area (Å²) in [6.07, 6.45) is 0.389. The Morgan fingerprint density at radius 1 is 1.15 bits per heavy atom. The van der Waals surface area contributed by atoms with E-state index in [2.05, 4.69) is 0 Å². The van der Waals surface area contributed by atoms with Crippen LogP contribution in [0.25, 0.3) is 11.1 Å². The molecule has 0 aromatic heterocycles. The molecule has 0 fully saturated rings. The number of carbonyl (C=O) groups excluding carboxylic acids is 1. The van der Waals surface area contributed by atoms with Crippen LogP contribution < -0.4 is 10.5 Å². The summed E-state index contributed by atoms with van der Waals surface area (Å²) >= 11 is 0. The van der Waals surface area contributed by atoms with Gasteiger partial charge in [0.15, 0.2) is 0 Å². The van der Waals surface area contributed by atoms with E-state index in [9.17, 15) is 23.5 Å². The van der Waals surface area contributed by atoms with Crippen LogP contribution in [0.1, 0.15) is 30.6 Å². The summed E-state index contributed by atoms with van der Waals surface area (Å²) in [4.78, 5) is 23.5. The first-order valence-electron chi connectivity index (χ1n) is 7.99. The molecule has 26 heavy (non-hydrogen) atoms. The van der Waals surface area contributed by atoms with Crippen molar-refractivity contribution >= 4 is 11.9 Å². The third-order valence-corrected chi connectivity index (χ3v) is 3.69. The number of carboxylic acid groups (broad SMARTS) is 1. The molecule has 1 atom stereocenters. The molecule has 5 nitrogen and oxygen atoms in total. The molecule has 0 saturated heterocycles. The Labute approximate surface area is 149 Å². The molecule has 3 N–H and O–H groups in total. The summed E-state index contributed by atoms with van der Waals surface area (Å²) in [6.45, 7) is 3.78. The fourth-order valence-corrected chi connectivity index (χ4v) is 2.47. The Kier molecular flexibility index (Phi) is 6.05. The molecule has 0 saturated carbocycles. The van der Waals surface area contributed by atoms with E-state index >= 15 is 0 Å². The van der Waals surface area contributed by atoms with Crippen LogP contribution in [0.3, 0.4) is 0 Å². The van der Waals surface area contributed by atoms with E-state index < -0.39 is 29.6 Å². The molecule has 2 aromatic rings. The van der Waals surface area contributed by atoms with Crippen LogP contribution in [-0.2, 0) is 4.79 Å². The molecule has 2 aromatic carbocycles. The molecule has 1 unspecified atom stereocenters. The van der Waals surface area contributed by atoms with Gasteiger partial charge in [-0.2, -0.15) is 0 Å². The van der Waals surface area contributed by atoms with Crippen molar-refractivity contribution in [1.29, 1.82) is 0 Å². The molecule has 0 aliphatic carbocycles. The quantitative estimate of drug-likeness (QED) is 0.604. The van der Waals surface area contributed by atoms with Gasteiger partial charge in [0.2, 0.25) is 0 Å². The Morgan fingerprint density at radius 3 is 2.42 bits per heavy atom. The predicted octanol–water partition coefficient (Wildman–Crippen LogP) is 3.61. The van der Waals surface area contributed by atoms with Crippen molar-refractivity contribution in [3.8, 4) is 16.9 Å². The Morgan fingerprint density at radius 2 is 1.85 bits per heavy atom. The molecule has 138 valence electrons. The van der Waals surface area contributed by atoms with E-state index in [4.69, 9.17) is 10.5 Å². The maximum absolute atomic E-state index is 13.9. The molecule has 2 rings (SSSR count). The van der Waals surface area contributed by atoms with Crippen LogP contribution in [0.15, 0.2) is 36.4 Å². The highest BCUT2D eigenvalue weighted by molar-refractivity contribution is 5.94. The lowest BCUT2D eigenvalue weighted by atomic mass is 10.0. The highest BCUT2D eigenvalue weighted by Gasteiger charge is 2.21. The van der Waals surface area contributed by atoms with Crippen molar-refractivity contribution in [3.05, 3.63) is 53.6 Å². The first kappa shape index (κ1) is 19.5. The second-order valence-electron chi connectivity index (χ2n) is 6.30. The Balaban J connectivity index is 2.35. The summed E-state index contributed by atoms with van der Waals surface area (Å²) in [5, 5.41) is 9.37. The fourth-order valence-electron chi connectivity index (χ4n) is 2.47. The number of hydrogen-bond donors (Lipinski definition) is 2. The Hall–Kier alpha value is -2.80. The predicted molar refractivity (Wildman–Crippen MR) is 91.8 cm³/mol. The van der Waals surface area contributed by atoms with Gasteiger partial charge in [-0.15, -0.1) is 0 Å². The molecule has 0 heterocycles. The molecule has 0 aliphatic heterocycles. The lowest BCUT2D eigenvalue weighted by Crippen LogP contribution is -2.35. The first-order chi connectivity index (χ1) is 12.2. The molecule has 7 heteroatoms. The number of rotatable bonds is 6. The highest BCUT2D eigenvalue weighted by atomic mass is 19.1. The second kappa shape index (κ2) is 8.05. The maximum Gasteiger partial charge on any atom is 0.339 e. The SMILES string of the molecule is CC(C)CC(N)C(=O)Oc1ccc(-c2ccc(F)cc2F)cc1C(=O)O. The minimum absolute atomic E-state index is 0.0308. The molecule has 0 bridgehead atoms. The number of nitrogens with two attached hydrogens (primary N) is 1.